The summed E-state index contributed by atoms with van der Waals surface area (Å²) >= 11 is 0. The van der Waals surface area contributed by atoms with Crippen molar-refractivity contribution in [2.75, 3.05) is 6.54 Å². The number of fused-ring (bicyclic) bond motifs is 1. The van der Waals surface area contributed by atoms with Gasteiger partial charge in [0.2, 0.25) is 11.8 Å². The first-order valence-corrected chi connectivity index (χ1v) is 8.56. The van der Waals surface area contributed by atoms with Crippen molar-refractivity contribution in [3.8, 4) is 0 Å². The Morgan fingerprint density at radius 1 is 1.29 bits per heavy atom. The molecule has 2 N–H and O–H groups in total. The molecule has 6 heteroatoms. The molecule has 3 rings (SSSR count). The van der Waals surface area contributed by atoms with Crippen LogP contribution in [0, 0.1) is 5.92 Å². The number of hydrogen-bond acceptors (Lipinski definition) is 3. The van der Waals surface area contributed by atoms with Crippen molar-refractivity contribution in [3.63, 3.8) is 0 Å². The first-order chi connectivity index (χ1) is 11.5. The van der Waals surface area contributed by atoms with Gasteiger partial charge in [-0.1, -0.05) is 26.0 Å². The van der Waals surface area contributed by atoms with Crippen LogP contribution in [0.1, 0.15) is 32.5 Å². The molecule has 0 aliphatic heterocycles. The summed E-state index contributed by atoms with van der Waals surface area (Å²) in [4.78, 5) is 28.5. The third-order valence-corrected chi connectivity index (χ3v) is 4.15. The molecule has 0 spiro atoms. The van der Waals surface area contributed by atoms with Gasteiger partial charge in [0.25, 0.3) is 0 Å². The van der Waals surface area contributed by atoms with E-state index in [2.05, 4.69) is 15.6 Å². The van der Waals surface area contributed by atoms with Crippen molar-refractivity contribution >= 4 is 22.8 Å². The average molecular weight is 328 g/mol. The number of rotatable bonds is 7. The van der Waals surface area contributed by atoms with Crippen LogP contribution in [0.3, 0.4) is 0 Å². The summed E-state index contributed by atoms with van der Waals surface area (Å²) in [6, 6.07) is 8.16. The van der Waals surface area contributed by atoms with Crippen molar-refractivity contribution in [3.05, 3.63) is 30.1 Å². The normalized spacial score (nSPS) is 14.1. The van der Waals surface area contributed by atoms with Crippen LogP contribution in [0.15, 0.2) is 24.3 Å². The van der Waals surface area contributed by atoms with E-state index in [0.717, 1.165) is 29.7 Å². The van der Waals surface area contributed by atoms with E-state index in [1.807, 2.05) is 42.7 Å². The largest absolute Gasteiger partial charge is 0.355 e. The van der Waals surface area contributed by atoms with E-state index in [0.29, 0.717) is 19.0 Å². The molecule has 0 radical (unpaired) electrons. The molecular formula is C18H24N4O2. The molecule has 1 aliphatic rings. The number of imidazole rings is 1. The molecule has 1 fully saturated rings. The van der Waals surface area contributed by atoms with Gasteiger partial charge in [-0.15, -0.1) is 0 Å². The number of benzene rings is 1. The summed E-state index contributed by atoms with van der Waals surface area (Å²) in [6.07, 6.45) is 2.75. The molecule has 128 valence electrons. The van der Waals surface area contributed by atoms with Gasteiger partial charge in [0.1, 0.15) is 12.4 Å². The average Bonchev–Trinajstić information content (AvgIpc) is 3.29. The van der Waals surface area contributed by atoms with E-state index in [-0.39, 0.29) is 24.3 Å². The summed E-state index contributed by atoms with van der Waals surface area (Å²) < 4.78 is 1.95. The Morgan fingerprint density at radius 2 is 2.04 bits per heavy atom. The van der Waals surface area contributed by atoms with Crippen LogP contribution in [0.2, 0.25) is 0 Å². The predicted octanol–water partition coefficient (Wildman–Crippen LogP) is 1.63. The van der Waals surface area contributed by atoms with Crippen LogP contribution in [-0.4, -0.2) is 34.0 Å². The number of para-hydroxylation sites is 2. The first kappa shape index (κ1) is 16.5. The van der Waals surface area contributed by atoms with Crippen LogP contribution in [0.4, 0.5) is 0 Å². The maximum Gasteiger partial charge on any atom is 0.240 e. The second-order valence-electron chi connectivity index (χ2n) is 6.64. The Kier molecular flexibility index (Phi) is 4.83. The van der Waals surface area contributed by atoms with Crippen molar-refractivity contribution in [2.45, 2.75) is 45.7 Å². The fourth-order valence-electron chi connectivity index (χ4n) is 2.64. The summed E-state index contributed by atoms with van der Waals surface area (Å²) in [5.74, 6) is 0.844. The van der Waals surface area contributed by atoms with Crippen LogP contribution >= 0.6 is 0 Å². The minimum Gasteiger partial charge on any atom is -0.355 e. The minimum atomic E-state index is -0.0341. The van der Waals surface area contributed by atoms with E-state index in [4.69, 9.17) is 0 Å². The number of carbonyl (C=O) groups is 2. The van der Waals surface area contributed by atoms with Gasteiger partial charge in [0.05, 0.1) is 11.0 Å². The lowest BCUT2D eigenvalue weighted by Crippen LogP contribution is -2.32. The lowest BCUT2D eigenvalue weighted by molar-refractivity contribution is -0.124. The standard InChI is InChI=1S/C18H24N4O2/c1-12(2)18(24)19-10-9-16-21-14-5-3-4-6-15(14)22(16)11-17(23)20-13-7-8-13/h3-6,12-13H,7-11H2,1-2H3,(H,19,24)(H,20,23). The van der Waals surface area contributed by atoms with Crippen LogP contribution in [0.5, 0.6) is 0 Å². The van der Waals surface area contributed by atoms with Gasteiger partial charge in [0, 0.05) is 24.9 Å². The molecular weight excluding hydrogens is 304 g/mol. The quantitative estimate of drug-likeness (QED) is 0.811. The molecule has 1 saturated carbocycles. The minimum absolute atomic E-state index is 0.0214. The fourth-order valence-corrected chi connectivity index (χ4v) is 2.64. The van der Waals surface area contributed by atoms with E-state index in [1.54, 1.807) is 0 Å². The Labute approximate surface area is 141 Å². The second kappa shape index (κ2) is 7.03. The van der Waals surface area contributed by atoms with Crippen molar-refractivity contribution in [1.82, 2.24) is 20.2 Å². The van der Waals surface area contributed by atoms with Crippen molar-refractivity contribution < 1.29 is 9.59 Å². The smallest absolute Gasteiger partial charge is 0.240 e. The third kappa shape index (κ3) is 3.93. The zero-order chi connectivity index (χ0) is 17.1. The van der Waals surface area contributed by atoms with Crippen LogP contribution in [0.25, 0.3) is 11.0 Å². The van der Waals surface area contributed by atoms with E-state index < -0.39 is 0 Å². The molecule has 6 nitrogen and oxygen atoms in total. The highest BCUT2D eigenvalue weighted by Gasteiger charge is 2.24. The van der Waals surface area contributed by atoms with Crippen molar-refractivity contribution in [2.24, 2.45) is 5.92 Å². The molecule has 1 aliphatic carbocycles. The molecule has 2 amide bonds. The summed E-state index contributed by atoms with van der Waals surface area (Å²) in [6.45, 7) is 4.52. The molecule has 0 bridgehead atoms. The fraction of sp³-hybridized carbons (Fsp3) is 0.500. The number of nitrogens with one attached hydrogen (secondary N) is 2. The molecule has 0 atom stereocenters. The number of hydrogen-bond donors (Lipinski definition) is 2. The van der Waals surface area contributed by atoms with E-state index in [9.17, 15) is 9.59 Å². The van der Waals surface area contributed by atoms with Gasteiger partial charge in [0.15, 0.2) is 0 Å². The number of aromatic nitrogens is 2. The summed E-state index contributed by atoms with van der Waals surface area (Å²) in [5.41, 5.74) is 1.83. The topological polar surface area (TPSA) is 76.0 Å². The highest BCUT2D eigenvalue weighted by Crippen LogP contribution is 2.20. The molecule has 1 heterocycles. The number of nitrogens with zero attached hydrogens (tertiary/aromatic N) is 2. The summed E-state index contributed by atoms with van der Waals surface area (Å²) in [5, 5.41) is 5.92. The number of amides is 2. The van der Waals surface area contributed by atoms with Crippen LogP contribution in [-0.2, 0) is 22.6 Å². The molecule has 2 aromatic rings. The Hall–Kier alpha value is -2.37. The first-order valence-electron chi connectivity index (χ1n) is 8.56. The number of carbonyl (C=O) groups excluding carboxylic acids is 2. The maximum atomic E-state index is 12.2. The highest BCUT2D eigenvalue weighted by molar-refractivity contribution is 5.81. The predicted molar refractivity (Wildman–Crippen MR) is 92.4 cm³/mol. The monoisotopic (exact) mass is 328 g/mol. The van der Waals surface area contributed by atoms with Gasteiger partial charge in [-0.3, -0.25) is 9.59 Å². The lowest BCUT2D eigenvalue weighted by atomic mass is 10.2. The van der Waals surface area contributed by atoms with Crippen LogP contribution < -0.4 is 10.6 Å². The van der Waals surface area contributed by atoms with Gasteiger partial charge >= 0.3 is 0 Å². The van der Waals surface area contributed by atoms with Gasteiger partial charge < -0.3 is 15.2 Å². The van der Waals surface area contributed by atoms with Gasteiger partial charge in [-0.25, -0.2) is 4.98 Å². The molecule has 0 saturated heterocycles. The van der Waals surface area contributed by atoms with Gasteiger partial charge in [-0.2, -0.15) is 0 Å². The molecule has 24 heavy (non-hydrogen) atoms. The van der Waals surface area contributed by atoms with Gasteiger partial charge in [-0.05, 0) is 25.0 Å². The maximum absolute atomic E-state index is 12.2. The second-order valence-corrected chi connectivity index (χ2v) is 6.64. The Morgan fingerprint density at radius 3 is 2.75 bits per heavy atom. The molecule has 0 unspecified atom stereocenters. The van der Waals surface area contributed by atoms with Crippen molar-refractivity contribution in [1.29, 1.82) is 0 Å². The Balaban J connectivity index is 1.73. The van der Waals surface area contributed by atoms with E-state index >= 15 is 0 Å². The Bertz CT molecular complexity index is 747. The summed E-state index contributed by atoms with van der Waals surface area (Å²) in [7, 11) is 0. The highest BCUT2D eigenvalue weighted by atomic mass is 16.2. The molecule has 1 aromatic carbocycles. The molecule has 1 aromatic heterocycles. The zero-order valence-corrected chi connectivity index (χ0v) is 14.2. The SMILES string of the molecule is CC(C)C(=O)NCCc1nc2ccccc2n1CC(=O)NC1CC1. The lowest BCUT2D eigenvalue weighted by Gasteiger charge is -2.11. The third-order valence-electron chi connectivity index (χ3n) is 4.15. The zero-order valence-electron chi connectivity index (χ0n) is 14.2. The van der Waals surface area contributed by atoms with E-state index in [1.165, 1.54) is 0 Å².